The van der Waals surface area contributed by atoms with Gasteiger partial charge in [-0.05, 0) is 70.5 Å². The maximum atomic E-state index is 12.2. The third kappa shape index (κ3) is 8.30. The fraction of sp³-hybridized carbons (Fsp3) is 0.308. The van der Waals surface area contributed by atoms with Crippen molar-refractivity contribution in [3.8, 4) is 0 Å². The largest absolute Gasteiger partial charge is 0.744 e. The standard InChI is InChI=1S/C20H26I.C6H5FO3S/c1-19(2,3)15-7-11-17(12-8-15)21-18-13-9-16(10-14-18)20(4,5)6;7-5-1-3-6(4-2-5)11(8,9)10/h7-14H,1-6H3;1-4H,(H,8,9,10)/q+1;/p-1. The highest BCUT2D eigenvalue weighted by atomic mass is 127. The quantitative estimate of drug-likeness (QED) is 0.361. The Morgan fingerprint density at radius 2 is 1.00 bits per heavy atom. The Bertz CT molecular complexity index is 1050. The summed E-state index contributed by atoms with van der Waals surface area (Å²) in [4.78, 5) is -0.418. The monoisotopic (exact) mass is 568 g/mol. The van der Waals surface area contributed by atoms with Crippen LogP contribution in [0.2, 0.25) is 0 Å². The molecule has 0 aliphatic heterocycles. The van der Waals surface area contributed by atoms with Crippen molar-refractivity contribution in [2.45, 2.75) is 57.3 Å². The molecule has 0 bridgehead atoms. The third-order valence-electron chi connectivity index (χ3n) is 4.74. The number of benzene rings is 3. The molecule has 3 rings (SSSR count). The fourth-order valence-electron chi connectivity index (χ4n) is 2.75. The van der Waals surface area contributed by atoms with Crippen LogP contribution in [0.4, 0.5) is 4.39 Å². The second kappa shape index (κ2) is 10.4. The Morgan fingerprint density at radius 3 is 1.28 bits per heavy atom. The van der Waals surface area contributed by atoms with Crippen molar-refractivity contribution >= 4 is 10.1 Å². The van der Waals surface area contributed by atoms with E-state index in [9.17, 15) is 17.4 Å². The Kier molecular flexibility index (Phi) is 8.64. The first kappa shape index (κ1) is 26.5. The van der Waals surface area contributed by atoms with Crippen molar-refractivity contribution in [3.63, 3.8) is 0 Å². The summed E-state index contributed by atoms with van der Waals surface area (Å²) in [5.74, 6) is -0.572. The van der Waals surface area contributed by atoms with E-state index in [1.54, 1.807) is 0 Å². The molecule has 0 saturated heterocycles. The summed E-state index contributed by atoms with van der Waals surface area (Å²) in [6.07, 6.45) is 0. The molecule has 0 unspecified atom stereocenters. The molecule has 0 radical (unpaired) electrons. The van der Waals surface area contributed by atoms with E-state index in [-0.39, 0.29) is 32.0 Å². The first-order valence-corrected chi connectivity index (χ1v) is 13.8. The molecule has 0 heterocycles. The van der Waals surface area contributed by atoms with Gasteiger partial charge in [0.25, 0.3) is 0 Å². The van der Waals surface area contributed by atoms with Crippen LogP contribution >= 0.6 is 0 Å². The minimum absolute atomic E-state index is 0.0703. The lowest BCUT2D eigenvalue weighted by atomic mass is 9.87. The lowest BCUT2D eigenvalue weighted by Crippen LogP contribution is -3.61. The van der Waals surface area contributed by atoms with Crippen LogP contribution in [0.3, 0.4) is 0 Å². The van der Waals surface area contributed by atoms with Crippen LogP contribution in [-0.2, 0) is 20.9 Å². The van der Waals surface area contributed by atoms with Crippen molar-refractivity contribution in [2.24, 2.45) is 0 Å². The number of hydrogen-bond acceptors (Lipinski definition) is 3. The van der Waals surface area contributed by atoms with Crippen molar-refractivity contribution in [1.29, 1.82) is 0 Å². The maximum Gasteiger partial charge on any atom is 0.357 e. The summed E-state index contributed by atoms with van der Waals surface area (Å²) in [5, 5.41) is 0. The van der Waals surface area contributed by atoms with Crippen LogP contribution in [-0.4, -0.2) is 13.0 Å². The van der Waals surface area contributed by atoms with Crippen molar-refractivity contribution in [1.82, 2.24) is 0 Å². The molecule has 0 spiro atoms. The summed E-state index contributed by atoms with van der Waals surface area (Å²) < 4.78 is 46.0. The van der Waals surface area contributed by atoms with Gasteiger partial charge in [-0.3, -0.25) is 0 Å². The molecule has 3 aromatic carbocycles. The molecule has 3 aromatic rings. The summed E-state index contributed by atoms with van der Waals surface area (Å²) in [6, 6.07) is 22.1. The molecule has 6 heteroatoms. The van der Waals surface area contributed by atoms with E-state index in [0.717, 1.165) is 24.3 Å². The Labute approximate surface area is 202 Å². The number of hydrogen-bond donors (Lipinski definition) is 0. The molecule has 0 aliphatic carbocycles. The lowest BCUT2D eigenvalue weighted by Gasteiger charge is -2.18. The maximum absolute atomic E-state index is 12.2. The van der Waals surface area contributed by atoms with Gasteiger partial charge >= 0.3 is 21.2 Å². The minimum atomic E-state index is -4.44. The van der Waals surface area contributed by atoms with Crippen LogP contribution in [0, 0.1) is 13.0 Å². The predicted octanol–water partition coefficient (Wildman–Crippen LogP) is 3.14. The number of rotatable bonds is 3. The van der Waals surface area contributed by atoms with Gasteiger partial charge in [-0.1, -0.05) is 65.8 Å². The molecule has 0 saturated carbocycles. The van der Waals surface area contributed by atoms with Crippen molar-refractivity contribution < 1.29 is 38.6 Å². The van der Waals surface area contributed by atoms with Gasteiger partial charge in [0, 0.05) is 0 Å². The molecule has 0 aliphatic rings. The van der Waals surface area contributed by atoms with Gasteiger partial charge in [-0.2, -0.15) is 0 Å². The molecule has 172 valence electrons. The number of halogens is 2. The highest BCUT2D eigenvalue weighted by Crippen LogP contribution is 2.21. The van der Waals surface area contributed by atoms with E-state index >= 15 is 0 Å². The Balaban J connectivity index is 0.000000278. The van der Waals surface area contributed by atoms with Crippen LogP contribution in [0.25, 0.3) is 0 Å². The summed E-state index contributed by atoms with van der Waals surface area (Å²) >= 11 is -0.0703. The first-order chi connectivity index (χ1) is 14.7. The molecule has 0 aromatic heterocycles. The second-order valence-electron chi connectivity index (χ2n) is 9.52. The Hall–Kier alpha value is -1.77. The van der Waals surface area contributed by atoms with Gasteiger partial charge in [-0.15, -0.1) is 0 Å². The second-order valence-corrected chi connectivity index (χ2v) is 13.9. The van der Waals surface area contributed by atoms with E-state index in [4.69, 9.17) is 0 Å². The van der Waals surface area contributed by atoms with E-state index < -0.39 is 20.8 Å². The molecule has 32 heavy (non-hydrogen) atoms. The predicted molar refractivity (Wildman–Crippen MR) is 122 cm³/mol. The topological polar surface area (TPSA) is 57.2 Å². The van der Waals surface area contributed by atoms with E-state index in [1.807, 2.05) is 0 Å². The Morgan fingerprint density at radius 1 is 0.656 bits per heavy atom. The van der Waals surface area contributed by atoms with Crippen LogP contribution < -0.4 is 21.2 Å². The van der Waals surface area contributed by atoms with Gasteiger partial charge in [0.15, 0.2) is 7.14 Å². The summed E-state index contributed by atoms with van der Waals surface area (Å²) in [7, 11) is -4.44. The normalized spacial score (nSPS) is 12.1. The molecule has 0 N–H and O–H groups in total. The smallest absolute Gasteiger partial charge is 0.357 e. The average Bonchev–Trinajstić information content (AvgIpc) is 2.67. The van der Waals surface area contributed by atoms with Gasteiger partial charge in [-0.25, -0.2) is 12.8 Å². The van der Waals surface area contributed by atoms with E-state index in [0.29, 0.717) is 0 Å². The average molecular weight is 568 g/mol. The van der Waals surface area contributed by atoms with Gasteiger partial charge in [0.2, 0.25) is 0 Å². The van der Waals surface area contributed by atoms with Crippen LogP contribution in [0.5, 0.6) is 0 Å². The molecule has 0 amide bonds. The molecule has 0 fully saturated rings. The van der Waals surface area contributed by atoms with Crippen molar-refractivity contribution in [3.05, 3.63) is 96.9 Å². The highest BCUT2D eigenvalue weighted by molar-refractivity contribution is 7.85. The zero-order chi connectivity index (χ0) is 24.2. The first-order valence-electron chi connectivity index (χ1n) is 10.2. The molecular weight excluding hydrogens is 538 g/mol. The van der Waals surface area contributed by atoms with E-state index in [2.05, 4.69) is 90.1 Å². The van der Waals surface area contributed by atoms with Crippen molar-refractivity contribution in [2.75, 3.05) is 0 Å². The zero-order valence-corrected chi connectivity index (χ0v) is 22.3. The van der Waals surface area contributed by atoms with Gasteiger partial charge in [0.05, 0.1) is 4.90 Å². The van der Waals surface area contributed by atoms with Crippen LogP contribution in [0.15, 0.2) is 77.7 Å². The molecular formula is C26H30FIO3S. The highest BCUT2D eigenvalue weighted by Gasteiger charge is 2.20. The molecule has 3 nitrogen and oxygen atoms in total. The summed E-state index contributed by atoms with van der Waals surface area (Å²) in [6.45, 7) is 13.6. The van der Waals surface area contributed by atoms with E-state index in [1.165, 1.54) is 18.3 Å². The molecule has 0 atom stereocenters. The zero-order valence-electron chi connectivity index (χ0n) is 19.3. The lowest BCUT2D eigenvalue weighted by molar-refractivity contribution is -0.597. The summed E-state index contributed by atoms with van der Waals surface area (Å²) in [5.41, 5.74) is 3.31. The fourth-order valence-corrected chi connectivity index (χ4v) is 5.38. The SMILES string of the molecule is CC(C)(C)c1ccc([I+]c2ccc(C(C)(C)C)cc2)cc1.O=S(=O)([O-])c1ccc(F)cc1. The van der Waals surface area contributed by atoms with Gasteiger partial charge < -0.3 is 4.55 Å². The minimum Gasteiger partial charge on any atom is -0.744 e. The van der Waals surface area contributed by atoms with Gasteiger partial charge in [0.1, 0.15) is 15.9 Å². The van der Waals surface area contributed by atoms with Crippen LogP contribution in [0.1, 0.15) is 52.7 Å². The third-order valence-corrected chi connectivity index (χ3v) is 8.27.